The molecule has 1 nitrogen and oxygen atoms in total. The van der Waals surface area contributed by atoms with Crippen molar-refractivity contribution in [3.63, 3.8) is 0 Å². The number of halogens is 6. The van der Waals surface area contributed by atoms with Crippen LogP contribution in [0, 0.1) is 0 Å². The fourth-order valence-corrected chi connectivity index (χ4v) is 5.88. The van der Waals surface area contributed by atoms with E-state index in [1.807, 2.05) is 18.2 Å². The summed E-state index contributed by atoms with van der Waals surface area (Å²) in [7, 11) is 0. The Morgan fingerprint density at radius 3 is 1.84 bits per heavy atom. The number of hydrogen-bond donors (Lipinski definition) is 0. The Morgan fingerprint density at radius 1 is 0.730 bits per heavy atom. The molecule has 0 amide bonds. The van der Waals surface area contributed by atoms with Crippen LogP contribution in [0.3, 0.4) is 0 Å². The van der Waals surface area contributed by atoms with E-state index in [9.17, 15) is 26.3 Å². The lowest BCUT2D eigenvalue weighted by Crippen LogP contribution is -2.37. The molecule has 4 rings (SSSR count). The van der Waals surface area contributed by atoms with Gasteiger partial charge in [0.05, 0.1) is 10.8 Å². The zero-order valence-electron chi connectivity index (χ0n) is 21.7. The Kier molecular flexibility index (Phi) is 8.04. The molecule has 2 fully saturated rings. The van der Waals surface area contributed by atoms with Crippen molar-refractivity contribution < 1.29 is 26.3 Å². The van der Waals surface area contributed by atoms with Crippen LogP contribution in [0.2, 0.25) is 0 Å². The summed E-state index contributed by atoms with van der Waals surface area (Å²) >= 11 is 0. The van der Waals surface area contributed by atoms with E-state index in [0.717, 1.165) is 38.8 Å². The minimum absolute atomic E-state index is 0.130. The van der Waals surface area contributed by atoms with E-state index in [0.29, 0.717) is 12.0 Å². The first-order valence-electron chi connectivity index (χ1n) is 13.5. The molecule has 0 N–H and O–H groups in total. The highest BCUT2D eigenvalue weighted by Gasteiger charge is 2.70. The SMILES string of the molecule is CCCN(CCc1ccccc1)C(CC)CCc1ccc(C2(C(F)(F)F)CC2)c(C2(C(F)(F)F)CC2)c1. The van der Waals surface area contributed by atoms with E-state index >= 15 is 0 Å². The number of aryl methyl sites for hydroxylation is 1. The van der Waals surface area contributed by atoms with Crippen molar-refractivity contribution in [2.75, 3.05) is 13.1 Å². The maximum atomic E-state index is 14.1. The van der Waals surface area contributed by atoms with Crippen LogP contribution >= 0.6 is 0 Å². The molecule has 2 aromatic carbocycles. The maximum Gasteiger partial charge on any atom is 0.398 e. The highest BCUT2D eigenvalue weighted by atomic mass is 19.4. The summed E-state index contributed by atoms with van der Waals surface area (Å²) in [5, 5.41) is 0. The summed E-state index contributed by atoms with van der Waals surface area (Å²) in [5.41, 5.74) is -2.57. The third-order valence-electron chi connectivity index (χ3n) is 8.50. The summed E-state index contributed by atoms with van der Waals surface area (Å²) in [5.74, 6) is 0. The first-order valence-corrected chi connectivity index (χ1v) is 13.5. The van der Waals surface area contributed by atoms with Crippen LogP contribution in [0.25, 0.3) is 0 Å². The van der Waals surface area contributed by atoms with Gasteiger partial charge in [0.25, 0.3) is 0 Å². The van der Waals surface area contributed by atoms with Gasteiger partial charge >= 0.3 is 12.4 Å². The Morgan fingerprint density at radius 2 is 1.32 bits per heavy atom. The van der Waals surface area contributed by atoms with Crippen molar-refractivity contribution in [3.05, 3.63) is 70.8 Å². The third-order valence-corrected chi connectivity index (χ3v) is 8.50. The normalized spacial score (nSPS) is 19.2. The van der Waals surface area contributed by atoms with E-state index in [1.54, 1.807) is 6.07 Å². The molecule has 1 unspecified atom stereocenters. The van der Waals surface area contributed by atoms with Gasteiger partial charge in [-0.1, -0.05) is 62.4 Å². The predicted octanol–water partition coefficient (Wildman–Crippen LogP) is 8.54. The highest BCUT2D eigenvalue weighted by Crippen LogP contribution is 2.66. The zero-order chi connectivity index (χ0) is 26.9. The van der Waals surface area contributed by atoms with Crippen LogP contribution in [-0.2, 0) is 23.7 Å². The van der Waals surface area contributed by atoms with Crippen molar-refractivity contribution in [3.8, 4) is 0 Å². The first-order chi connectivity index (χ1) is 17.5. The van der Waals surface area contributed by atoms with Crippen LogP contribution in [-0.4, -0.2) is 36.4 Å². The lowest BCUT2D eigenvalue weighted by atomic mass is 9.81. The molecule has 1 atom stereocenters. The summed E-state index contributed by atoms with van der Waals surface area (Å²) < 4.78 is 84.1. The van der Waals surface area contributed by atoms with Crippen molar-refractivity contribution in [2.24, 2.45) is 0 Å². The van der Waals surface area contributed by atoms with Gasteiger partial charge in [0.2, 0.25) is 0 Å². The molecule has 204 valence electrons. The van der Waals surface area contributed by atoms with E-state index in [-0.39, 0.29) is 42.9 Å². The lowest BCUT2D eigenvalue weighted by molar-refractivity contribution is -0.167. The molecular formula is C30H37F6N. The summed E-state index contributed by atoms with van der Waals surface area (Å²) in [6.07, 6.45) is -5.52. The van der Waals surface area contributed by atoms with Gasteiger partial charge in [-0.3, -0.25) is 0 Å². The maximum absolute atomic E-state index is 14.1. The third kappa shape index (κ3) is 5.71. The molecule has 0 aliphatic heterocycles. The van der Waals surface area contributed by atoms with E-state index < -0.39 is 23.2 Å². The van der Waals surface area contributed by atoms with Crippen molar-refractivity contribution >= 4 is 0 Å². The van der Waals surface area contributed by atoms with Crippen molar-refractivity contribution in [1.82, 2.24) is 4.90 Å². The molecule has 0 aromatic heterocycles. The van der Waals surface area contributed by atoms with Gasteiger partial charge in [0, 0.05) is 12.6 Å². The summed E-state index contributed by atoms with van der Waals surface area (Å²) in [4.78, 5) is 2.45. The number of rotatable bonds is 12. The van der Waals surface area contributed by atoms with Crippen LogP contribution in [0.5, 0.6) is 0 Å². The second kappa shape index (κ2) is 10.6. The first kappa shape index (κ1) is 28.0. The predicted molar refractivity (Wildman–Crippen MR) is 135 cm³/mol. The second-order valence-electron chi connectivity index (χ2n) is 10.9. The quantitative estimate of drug-likeness (QED) is 0.251. The monoisotopic (exact) mass is 525 g/mol. The molecule has 2 saturated carbocycles. The minimum Gasteiger partial charge on any atom is -0.300 e. The number of hydrogen-bond acceptors (Lipinski definition) is 1. The van der Waals surface area contributed by atoms with Crippen molar-refractivity contribution in [2.45, 2.75) is 101 Å². The van der Waals surface area contributed by atoms with Gasteiger partial charge in [-0.2, -0.15) is 26.3 Å². The van der Waals surface area contributed by atoms with Gasteiger partial charge in [-0.15, -0.1) is 0 Å². The molecule has 0 spiro atoms. The number of nitrogens with zero attached hydrogens (tertiary/aromatic N) is 1. The molecule has 0 radical (unpaired) electrons. The minimum atomic E-state index is -4.55. The van der Waals surface area contributed by atoms with Crippen LogP contribution in [0.1, 0.15) is 81.0 Å². The van der Waals surface area contributed by atoms with Gasteiger partial charge in [0.1, 0.15) is 0 Å². The molecular weight excluding hydrogens is 488 g/mol. The fraction of sp³-hybridized carbons (Fsp3) is 0.600. The zero-order valence-corrected chi connectivity index (χ0v) is 21.7. The fourth-order valence-electron chi connectivity index (χ4n) is 5.88. The Balaban J connectivity index is 1.54. The number of benzene rings is 2. The molecule has 0 bridgehead atoms. The smallest absolute Gasteiger partial charge is 0.300 e. The van der Waals surface area contributed by atoms with Crippen LogP contribution in [0.4, 0.5) is 26.3 Å². The van der Waals surface area contributed by atoms with Gasteiger partial charge in [-0.25, -0.2) is 0 Å². The molecule has 2 aromatic rings. The van der Waals surface area contributed by atoms with Gasteiger partial charge in [0.15, 0.2) is 0 Å². The lowest BCUT2D eigenvalue weighted by Gasteiger charge is -2.32. The molecule has 0 saturated heterocycles. The van der Waals surface area contributed by atoms with E-state index in [2.05, 4.69) is 30.9 Å². The second-order valence-corrected chi connectivity index (χ2v) is 10.9. The van der Waals surface area contributed by atoms with E-state index in [4.69, 9.17) is 0 Å². The average Bonchev–Trinajstić information content (AvgIpc) is 3.75. The Hall–Kier alpha value is -2.02. The molecule has 37 heavy (non-hydrogen) atoms. The summed E-state index contributed by atoms with van der Waals surface area (Å²) in [6, 6.07) is 15.0. The van der Waals surface area contributed by atoms with Crippen molar-refractivity contribution in [1.29, 1.82) is 0 Å². The summed E-state index contributed by atoms with van der Waals surface area (Å²) in [6.45, 7) is 6.08. The highest BCUT2D eigenvalue weighted by molar-refractivity contribution is 5.50. The average molecular weight is 526 g/mol. The van der Waals surface area contributed by atoms with Gasteiger partial charge in [-0.05, 0) is 86.6 Å². The molecule has 7 heteroatoms. The number of alkyl halides is 6. The largest absolute Gasteiger partial charge is 0.398 e. The Bertz CT molecular complexity index is 1030. The molecule has 2 aliphatic rings. The van der Waals surface area contributed by atoms with Crippen LogP contribution < -0.4 is 0 Å². The molecule has 2 aliphatic carbocycles. The Labute approximate surface area is 216 Å². The molecule has 0 heterocycles. The van der Waals surface area contributed by atoms with Crippen LogP contribution in [0.15, 0.2) is 48.5 Å². The topological polar surface area (TPSA) is 3.24 Å². The van der Waals surface area contributed by atoms with Gasteiger partial charge < -0.3 is 4.90 Å². The standard InChI is InChI=1S/C30H37F6N/c1-3-19-37(20-14-22-8-6-5-7-9-22)24(4-2)12-10-23-11-13-25(27(15-16-27)29(31,32)33)26(21-23)28(17-18-28)30(34,35)36/h5-9,11,13,21,24H,3-4,10,12,14-20H2,1-2H3. The van der Waals surface area contributed by atoms with E-state index in [1.165, 1.54) is 17.7 Å².